The summed E-state index contributed by atoms with van der Waals surface area (Å²) in [5.41, 5.74) is 6.78. The van der Waals surface area contributed by atoms with Crippen LogP contribution in [0.25, 0.3) is 0 Å². The maximum absolute atomic E-state index is 12.6. The van der Waals surface area contributed by atoms with E-state index >= 15 is 0 Å². The largest absolute Gasteiger partial charge is 0.494 e. The van der Waals surface area contributed by atoms with E-state index in [9.17, 15) is 8.78 Å². The summed E-state index contributed by atoms with van der Waals surface area (Å²) in [6.45, 7) is 9.85. The highest BCUT2D eigenvalue weighted by atomic mass is 79.9. The zero-order valence-electron chi connectivity index (χ0n) is 14.6. The smallest absolute Gasteiger partial charge is 0.165 e. The molecule has 5 heteroatoms. The van der Waals surface area contributed by atoms with Crippen molar-refractivity contribution in [1.29, 1.82) is 0 Å². The van der Waals surface area contributed by atoms with Crippen molar-refractivity contribution < 1.29 is 13.5 Å². The van der Waals surface area contributed by atoms with Crippen LogP contribution in [0, 0.1) is 18.6 Å². The first kappa shape index (κ1) is 23.6. The molecular weight excluding hydrogens is 364 g/mol. The van der Waals surface area contributed by atoms with Crippen molar-refractivity contribution in [3.05, 3.63) is 58.1 Å². The topological polar surface area (TPSA) is 35.2 Å². The predicted octanol–water partition coefficient (Wildman–Crippen LogP) is 6.37. The maximum atomic E-state index is 12.6. The van der Waals surface area contributed by atoms with Crippen molar-refractivity contribution in [2.24, 2.45) is 0 Å². The Hall–Kier alpha value is -1.62. The molecule has 0 radical (unpaired) electrons. The van der Waals surface area contributed by atoms with Crippen LogP contribution >= 0.6 is 15.9 Å². The number of aryl methyl sites for hydroxylation is 1. The first-order chi connectivity index (χ1) is 10.9. The minimum atomic E-state index is -0.392. The number of rotatable bonds is 1. The van der Waals surface area contributed by atoms with Gasteiger partial charge in [0.15, 0.2) is 11.6 Å². The van der Waals surface area contributed by atoms with Gasteiger partial charge < -0.3 is 10.5 Å². The minimum absolute atomic E-state index is 0.181. The lowest BCUT2D eigenvalue weighted by molar-refractivity contribution is 0.387. The maximum Gasteiger partial charge on any atom is 0.165 e. The molecular formula is C18H26BrF2NO. The van der Waals surface area contributed by atoms with E-state index in [4.69, 9.17) is 5.73 Å². The van der Waals surface area contributed by atoms with Gasteiger partial charge in [-0.1, -0.05) is 43.6 Å². The van der Waals surface area contributed by atoms with E-state index in [2.05, 4.69) is 20.7 Å². The Labute approximate surface area is 146 Å². The van der Waals surface area contributed by atoms with Crippen LogP contribution in [0.1, 0.15) is 33.3 Å². The molecule has 0 saturated heterocycles. The highest BCUT2D eigenvalue weighted by molar-refractivity contribution is 9.10. The first-order valence-corrected chi connectivity index (χ1v) is 8.24. The van der Waals surface area contributed by atoms with Gasteiger partial charge in [-0.2, -0.15) is 0 Å². The van der Waals surface area contributed by atoms with Gasteiger partial charge in [0.2, 0.25) is 0 Å². The van der Waals surface area contributed by atoms with Gasteiger partial charge >= 0.3 is 0 Å². The Morgan fingerprint density at radius 1 is 0.957 bits per heavy atom. The van der Waals surface area contributed by atoms with Crippen LogP contribution in [0.5, 0.6) is 5.75 Å². The highest BCUT2D eigenvalue weighted by Crippen LogP contribution is 2.18. The monoisotopic (exact) mass is 389 g/mol. The lowest BCUT2D eigenvalue weighted by Gasteiger charge is -2.00. The van der Waals surface area contributed by atoms with Crippen LogP contribution in [0.4, 0.5) is 14.5 Å². The van der Waals surface area contributed by atoms with E-state index in [1.54, 1.807) is 6.07 Å². The summed E-state index contributed by atoms with van der Waals surface area (Å²) in [7, 11) is 1.40. The van der Waals surface area contributed by atoms with E-state index in [0.29, 0.717) is 5.69 Å². The summed E-state index contributed by atoms with van der Waals surface area (Å²) < 4.78 is 30.5. The van der Waals surface area contributed by atoms with E-state index in [1.807, 2.05) is 34.6 Å². The molecule has 0 aliphatic heterocycles. The van der Waals surface area contributed by atoms with Crippen LogP contribution in [-0.2, 0) is 0 Å². The molecule has 2 aromatic rings. The van der Waals surface area contributed by atoms with Crippen molar-refractivity contribution >= 4 is 21.6 Å². The Bertz CT molecular complexity index is 563. The van der Waals surface area contributed by atoms with Crippen LogP contribution < -0.4 is 10.5 Å². The second-order valence-electron chi connectivity index (χ2n) is 3.79. The molecule has 0 aliphatic carbocycles. The zero-order valence-corrected chi connectivity index (χ0v) is 16.2. The van der Waals surface area contributed by atoms with Crippen molar-refractivity contribution in [3.63, 3.8) is 0 Å². The highest BCUT2D eigenvalue weighted by Gasteiger charge is 1.99. The average Bonchev–Trinajstić information content (AvgIpc) is 2.58. The first-order valence-electron chi connectivity index (χ1n) is 7.44. The third kappa shape index (κ3) is 9.89. The molecule has 0 unspecified atom stereocenters. The van der Waals surface area contributed by atoms with E-state index in [-0.39, 0.29) is 11.6 Å². The number of hydrogen-bond acceptors (Lipinski definition) is 2. The Morgan fingerprint density at radius 2 is 1.52 bits per heavy atom. The van der Waals surface area contributed by atoms with Gasteiger partial charge in [0.25, 0.3) is 0 Å². The number of methoxy groups -OCH3 is 1. The van der Waals surface area contributed by atoms with E-state index < -0.39 is 5.82 Å². The normalized spacial score (nSPS) is 8.39. The predicted molar refractivity (Wildman–Crippen MR) is 98.9 cm³/mol. The molecule has 0 atom stereocenters. The quantitative estimate of drug-likeness (QED) is 0.575. The molecule has 2 aromatic carbocycles. The summed E-state index contributed by atoms with van der Waals surface area (Å²) in [5, 5.41) is 0. The molecule has 2 nitrogen and oxygen atoms in total. The second kappa shape index (κ2) is 14.0. The molecule has 2 rings (SSSR count). The molecule has 0 aromatic heterocycles. The number of nitrogens with two attached hydrogens (primary N) is 1. The van der Waals surface area contributed by atoms with Crippen LogP contribution in [-0.4, -0.2) is 7.11 Å². The summed E-state index contributed by atoms with van der Waals surface area (Å²) in [6, 6.07) is 8.81. The van der Waals surface area contributed by atoms with Crippen molar-refractivity contribution in [2.75, 3.05) is 12.8 Å². The van der Waals surface area contributed by atoms with Gasteiger partial charge in [0.1, 0.15) is 5.82 Å². The molecule has 0 amide bonds. The van der Waals surface area contributed by atoms with Crippen LogP contribution in [0.3, 0.4) is 0 Å². The molecule has 2 N–H and O–H groups in total. The molecule has 0 spiro atoms. The van der Waals surface area contributed by atoms with Crippen LogP contribution in [0.2, 0.25) is 0 Å². The summed E-state index contributed by atoms with van der Waals surface area (Å²) >= 11 is 3.26. The average molecular weight is 390 g/mol. The van der Waals surface area contributed by atoms with Crippen molar-refractivity contribution in [2.45, 2.75) is 34.6 Å². The van der Waals surface area contributed by atoms with Gasteiger partial charge in [-0.15, -0.1) is 0 Å². The fraction of sp³-hybridized carbons (Fsp3) is 0.333. The van der Waals surface area contributed by atoms with Gasteiger partial charge in [-0.25, -0.2) is 8.78 Å². The Morgan fingerprint density at radius 3 is 1.91 bits per heavy atom. The van der Waals surface area contributed by atoms with Gasteiger partial charge in [0, 0.05) is 16.2 Å². The molecule has 0 aliphatic rings. The number of benzene rings is 2. The van der Waals surface area contributed by atoms with Gasteiger partial charge in [-0.05, 0) is 42.8 Å². The lowest BCUT2D eigenvalue weighted by Crippen LogP contribution is -1.90. The minimum Gasteiger partial charge on any atom is -0.494 e. The summed E-state index contributed by atoms with van der Waals surface area (Å²) in [6.07, 6.45) is 0. The van der Waals surface area contributed by atoms with Crippen molar-refractivity contribution in [3.8, 4) is 5.75 Å². The second-order valence-corrected chi connectivity index (χ2v) is 4.64. The van der Waals surface area contributed by atoms with E-state index in [1.165, 1.54) is 37.4 Å². The number of nitrogen functional groups attached to an aromatic ring is 1. The van der Waals surface area contributed by atoms with Gasteiger partial charge in [0.05, 0.1) is 7.11 Å². The molecule has 0 heterocycles. The fourth-order valence-corrected chi connectivity index (χ4v) is 1.53. The molecule has 23 heavy (non-hydrogen) atoms. The lowest BCUT2D eigenvalue weighted by atomic mass is 10.2. The van der Waals surface area contributed by atoms with Crippen molar-refractivity contribution in [1.82, 2.24) is 0 Å². The number of ether oxygens (including phenoxy) is 1. The number of hydrogen-bond donors (Lipinski definition) is 1. The third-order valence-corrected chi connectivity index (χ3v) is 3.18. The Kier molecular flexibility index (Phi) is 14.4. The summed E-state index contributed by atoms with van der Waals surface area (Å²) in [5.74, 6) is -0.396. The molecule has 0 saturated carbocycles. The summed E-state index contributed by atoms with van der Waals surface area (Å²) in [4.78, 5) is 0. The molecule has 0 bridgehead atoms. The fourth-order valence-electron chi connectivity index (χ4n) is 1.28. The van der Waals surface area contributed by atoms with Gasteiger partial charge in [-0.3, -0.25) is 0 Å². The SMILES string of the molecule is CC.CC.COc1cc(N)ccc1F.Cc1cc(F)ccc1Br. The number of anilines is 1. The molecule has 0 fully saturated rings. The zero-order chi connectivity index (χ0) is 18.4. The van der Waals surface area contributed by atoms with Crippen LogP contribution in [0.15, 0.2) is 40.9 Å². The third-order valence-electron chi connectivity index (χ3n) is 2.30. The standard InChI is InChI=1S/C7H6BrF.C7H8FNO.2C2H6/c1-5-4-6(9)2-3-7(5)8;1-10-7-4-5(9)2-3-6(7)8;2*1-2/h2-4H,1H3;2-4H,9H2,1H3;2*1-2H3. The van der Waals surface area contributed by atoms with E-state index in [0.717, 1.165) is 10.0 Å². The Balaban J connectivity index is 0. The molecule has 130 valence electrons. The number of halogens is 3.